The number of hydrogen-bond donors (Lipinski definition) is 0. The van der Waals surface area contributed by atoms with Crippen LogP contribution in [0.4, 0.5) is 0 Å². The molecule has 0 aliphatic heterocycles. The quantitative estimate of drug-likeness (QED) is 0.102. The van der Waals surface area contributed by atoms with Crippen molar-refractivity contribution in [2.75, 3.05) is 9.52 Å². The van der Waals surface area contributed by atoms with Crippen LogP contribution in [-0.4, -0.2) is 30.7 Å². The molecule has 2 radical (unpaired) electrons. The van der Waals surface area contributed by atoms with Gasteiger partial charge in [0.1, 0.15) is 0 Å². The first kappa shape index (κ1) is 27.1. The van der Waals surface area contributed by atoms with E-state index in [-0.39, 0.29) is 21.1 Å². The van der Waals surface area contributed by atoms with Crippen molar-refractivity contribution in [3.05, 3.63) is 0 Å². The fourth-order valence-electron chi connectivity index (χ4n) is 3.47. The Bertz CT molecular complexity index is 208. The fourth-order valence-corrected chi connectivity index (χ4v) is 9.44. The van der Waals surface area contributed by atoms with Gasteiger partial charge in [-0.3, -0.25) is 0 Å². The summed E-state index contributed by atoms with van der Waals surface area (Å²) in [7, 11) is 0. The van der Waals surface area contributed by atoms with E-state index >= 15 is 0 Å². The van der Waals surface area contributed by atoms with Crippen molar-refractivity contribution in [1.29, 1.82) is 0 Å². The van der Waals surface area contributed by atoms with E-state index in [9.17, 15) is 0 Å². The second-order valence-corrected chi connectivity index (χ2v) is 14.5. The van der Waals surface area contributed by atoms with Gasteiger partial charge >= 0.3 is 176 Å². The molecule has 156 valence electrons. The molecule has 0 bridgehead atoms. The van der Waals surface area contributed by atoms with Crippen LogP contribution in [0.25, 0.3) is 0 Å². The van der Waals surface area contributed by atoms with Crippen molar-refractivity contribution >= 4 is 32.9 Å². The van der Waals surface area contributed by atoms with Gasteiger partial charge in [0.25, 0.3) is 0 Å². The standard InChI is InChI=1S/C13H27.C11H23S.Sn/c1-3-5-7-9-11-13-12-10-8-6-4-2;1-3-4-5-6-7-8-9-10-11-12-2;/h1,3-13H2,2H3;2-11H2,1H3;. The molecule has 0 unspecified atom stereocenters. The summed E-state index contributed by atoms with van der Waals surface area (Å²) in [4.78, 5) is 0. The minimum atomic E-state index is -0.00243. The van der Waals surface area contributed by atoms with Gasteiger partial charge in [-0.1, -0.05) is 6.92 Å². The summed E-state index contributed by atoms with van der Waals surface area (Å²) in [6.45, 7) is 4.61. The second kappa shape index (κ2) is 26.1. The minimum absolute atomic E-state index is 0.00243. The van der Waals surface area contributed by atoms with E-state index in [0.29, 0.717) is 0 Å². The predicted octanol–water partition coefficient (Wildman–Crippen LogP) is 9.25. The van der Waals surface area contributed by atoms with Gasteiger partial charge in [0, 0.05) is 0 Å². The Kier molecular flexibility index (Phi) is 27.3. The maximum atomic E-state index is 2.31. The third-order valence-corrected chi connectivity index (χ3v) is 11.8. The average Bonchev–Trinajstić information content (AvgIpc) is 2.66. The zero-order valence-electron chi connectivity index (χ0n) is 18.5. The molecule has 0 amide bonds. The molecular weight excluding hydrogens is 439 g/mol. The average molecular weight is 489 g/mol. The van der Waals surface area contributed by atoms with Gasteiger partial charge in [-0.25, -0.2) is 0 Å². The van der Waals surface area contributed by atoms with Gasteiger partial charge in [-0.05, 0) is 0 Å². The third-order valence-electron chi connectivity index (χ3n) is 5.30. The van der Waals surface area contributed by atoms with Crippen LogP contribution in [0.1, 0.15) is 136 Å². The van der Waals surface area contributed by atoms with Crippen LogP contribution in [0.3, 0.4) is 0 Å². The first-order valence-corrected chi connectivity index (χ1v) is 17.4. The first-order chi connectivity index (χ1) is 12.9. The summed E-state index contributed by atoms with van der Waals surface area (Å²) in [6.07, 6.45) is 28.1. The van der Waals surface area contributed by atoms with E-state index in [4.69, 9.17) is 0 Å². The molecule has 0 fully saturated rings. The van der Waals surface area contributed by atoms with Gasteiger partial charge in [0.05, 0.1) is 0 Å². The zero-order chi connectivity index (χ0) is 19.0. The van der Waals surface area contributed by atoms with E-state index in [1.54, 1.807) is 14.6 Å². The van der Waals surface area contributed by atoms with Crippen molar-refractivity contribution in [2.45, 2.75) is 140 Å². The Labute approximate surface area is 182 Å². The summed E-state index contributed by atoms with van der Waals surface area (Å²) in [5, 5.41) is 0. The molecule has 0 atom stereocenters. The molecule has 0 saturated carbocycles. The van der Waals surface area contributed by atoms with Crippen molar-refractivity contribution < 1.29 is 0 Å². The number of hydrogen-bond acceptors (Lipinski definition) is 1. The molecule has 0 aromatic rings. The van der Waals surface area contributed by atoms with E-state index in [1.165, 1.54) is 121 Å². The van der Waals surface area contributed by atoms with Crippen LogP contribution >= 0.6 is 11.8 Å². The van der Waals surface area contributed by atoms with Gasteiger partial charge in [0.2, 0.25) is 0 Å². The molecule has 0 aromatic carbocycles. The zero-order valence-corrected chi connectivity index (χ0v) is 22.1. The third kappa shape index (κ3) is 25.1. The van der Waals surface area contributed by atoms with Gasteiger partial charge in [-0.15, -0.1) is 0 Å². The van der Waals surface area contributed by atoms with Crippen LogP contribution in [0.15, 0.2) is 0 Å². The molecule has 0 rings (SSSR count). The Balaban J connectivity index is 2.95. The van der Waals surface area contributed by atoms with Crippen LogP contribution in [-0.2, 0) is 0 Å². The molecule has 0 N–H and O–H groups in total. The monoisotopic (exact) mass is 490 g/mol. The van der Waals surface area contributed by atoms with Crippen LogP contribution in [0, 0.1) is 0 Å². The molecule has 0 aliphatic rings. The molecule has 0 saturated heterocycles. The van der Waals surface area contributed by atoms with Gasteiger partial charge < -0.3 is 0 Å². The van der Waals surface area contributed by atoms with Crippen LogP contribution < -0.4 is 0 Å². The topological polar surface area (TPSA) is 0 Å². The molecule has 26 heavy (non-hydrogen) atoms. The number of rotatable bonds is 23. The summed E-state index contributed by atoms with van der Waals surface area (Å²) < 4.78 is 3.22. The van der Waals surface area contributed by atoms with Crippen molar-refractivity contribution in [2.24, 2.45) is 0 Å². The Morgan fingerprint density at radius 1 is 0.462 bits per heavy atom. The van der Waals surface area contributed by atoms with Crippen molar-refractivity contribution in [3.63, 3.8) is 0 Å². The van der Waals surface area contributed by atoms with Crippen LogP contribution in [0.2, 0.25) is 4.44 Å². The Morgan fingerprint density at radius 2 is 0.846 bits per heavy atom. The molecule has 0 aromatic heterocycles. The maximum absolute atomic E-state index is 2.31. The normalized spacial score (nSPS) is 11.3. The summed E-state index contributed by atoms with van der Waals surface area (Å²) >= 11 is 2.28. The summed E-state index contributed by atoms with van der Waals surface area (Å²) in [5.41, 5.74) is 0. The van der Waals surface area contributed by atoms with Gasteiger partial charge in [-0.2, -0.15) is 0 Å². The molecule has 0 spiro atoms. The second-order valence-electron chi connectivity index (χ2n) is 8.06. The van der Waals surface area contributed by atoms with Crippen LogP contribution in [0.5, 0.6) is 0 Å². The molecule has 2 heteroatoms. The SMILES string of the molecule is CCCCCCCCCCCC[CH2][Sn][CH2]SCCCCCCCCCC. The molecular formula is C24H50SSn. The predicted molar refractivity (Wildman–Crippen MR) is 127 cm³/mol. The summed E-state index contributed by atoms with van der Waals surface area (Å²) in [5.74, 6) is 1.45. The fraction of sp³-hybridized carbons (Fsp3) is 1.00. The molecule has 0 nitrogen and oxygen atoms in total. The van der Waals surface area contributed by atoms with E-state index in [2.05, 4.69) is 25.6 Å². The van der Waals surface area contributed by atoms with E-state index in [1.807, 2.05) is 0 Å². The molecule has 0 aliphatic carbocycles. The Hall–Kier alpha value is 1.15. The van der Waals surface area contributed by atoms with Crippen molar-refractivity contribution in [3.8, 4) is 0 Å². The molecule has 0 heterocycles. The Morgan fingerprint density at radius 3 is 1.31 bits per heavy atom. The number of unbranched alkanes of at least 4 members (excludes halogenated alkanes) is 17. The first-order valence-electron chi connectivity index (χ1n) is 12.2. The van der Waals surface area contributed by atoms with E-state index < -0.39 is 0 Å². The van der Waals surface area contributed by atoms with Crippen molar-refractivity contribution in [1.82, 2.24) is 0 Å². The van der Waals surface area contributed by atoms with Gasteiger partial charge in [0.15, 0.2) is 0 Å². The number of thioether (sulfide) groups is 1. The van der Waals surface area contributed by atoms with E-state index in [0.717, 1.165) is 0 Å². The summed E-state index contributed by atoms with van der Waals surface area (Å²) in [6, 6.07) is 0.